The number of ether oxygens (including phenoxy) is 2. The molecule has 0 N–H and O–H groups in total. The van der Waals surface area contributed by atoms with Crippen molar-refractivity contribution in [3.8, 4) is 0 Å². The van der Waals surface area contributed by atoms with E-state index in [1.54, 1.807) is 6.92 Å². The Morgan fingerprint density at radius 3 is 2.68 bits per heavy atom. The molecule has 1 saturated heterocycles. The van der Waals surface area contributed by atoms with Crippen LogP contribution in [0.2, 0.25) is 0 Å². The van der Waals surface area contributed by atoms with E-state index >= 15 is 0 Å². The van der Waals surface area contributed by atoms with Crippen LogP contribution in [-0.4, -0.2) is 42.9 Å². The second-order valence-corrected chi connectivity index (χ2v) is 5.97. The normalized spacial score (nSPS) is 23.5. The Kier molecular flexibility index (Phi) is 4.42. The third kappa shape index (κ3) is 3.25. The maximum absolute atomic E-state index is 11.8. The first-order chi connectivity index (χ1) is 9.01. The summed E-state index contributed by atoms with van der Waals surface area (Å²) in [5, 5.41) is 0.877. The topological polar surface area (TPSA) is 51.7 Å². The summed E-state index contributed by atoms with van der Waals surface area (Å²) in [5.41, 5.74) is 0.439. The van der Waals surface area contributed by atoms with Crippen LogP contribution in [0.15, 0.2) is 0 Å². The van der Waals surface area contributed by atoms with Crippen LogP contribution < -0.4 is 4.90 Å². The minimum absolute atomic E-state index is 0.180. The van der Waals surface area contributed by atoms with Crippen LogP contribution in [0, 0.1) is 6.92 Å². The van der Waals surface area contributed by atoms with Gasteiger partial charge >= 0.3 is 5.97 Å². The molecule has 19 heavy (non-hydrogen) atoms. The lowest BCUT2D eigenvalue weighted by Gasteiger charge is -2.35. The number of carbonyl (C=O) groups excluding carboxylic acids is 1. The Morgan fingerprint density at radius 1 is 1.47 bits per heavy atom. The summed E-state index contributed by atoms with van der Waals surface area (Å²) in [7, 11) is 0. The Bertz CT molecular complexity index is 451. The van der Waals surface area contributed by atoms with Gasteiger partial charge in [-0.3, -0.25) is 0 Å². The second-order valence-electron chi connectivity index (χ2n) is 4.78. The fraction of sp³-hybridized carbons (Fsp3) is 0.692. The van der Waals surface area contributed by atoms with Gasteiger partial charge in [0.1, 0.15) is 0 Å². The van der Waals surface area contributed by atoms with E-state index in [1.807, 2.05) is 6.92 Å². The number of hydrogen-bond acceptors (Lipinski definition) is 6. The SMILES string of the molecule is CCOC(=O)c1nc(N2C[C@@H](C)O[C@@H](C)C2)sc1C. The molecular weight excluding hydrogens is 264 g/mol. The van der Waals surface area contributed by atoms with Crippen LogP contribution in [-0.2, 0) is 9.47 Å². The number of hydrogen-bond donors (Lipinski definition) is 0. The molecule has 1 aromatic heterocycles. The van der Waals surface area contributed by atoms with Gasteiger partial charge in [-0.05, 0) is 27.7 Å². The zero-order chi connectivity index (χ0) is 14.0. The highest BCUT2D eigenvalue weighted by Crippen LogP contribution is 2.28. The number of rotatable bonds is 3. The van der Waals surface area contributed by atoms with Crippen LogP contribution >= 0.6 is 11.3 Å². The number of esters is 1. The molecular formula is C13H20N2O3S. The molecule has 0 spiro atoms. The predicted molar refractivity (Wildman–Crippen MR) is 75.0 cm³/mol. The van der Waals surface area contributed by atoms with Crippen molar-refractivity contribution >= 4 is 22.4 Å². The number of morpholine rings is 1. The smallest absolute Gasteiger partial charge is 0.358 e. The predicted octanol–water partition coefficient (Wildman–Crippen LogP) is 2.24. The summed E-state index contributed by atoms with van der Waals surface area (Å²) < 4.78 is 10.7. The summed E-state index contributed by atoms with van der Waals surface area (Å²) in [4.78, 5) is 19.3. The Balaban J connectivity index is 2.17. The highest BCUT2D eigenvalue weighted by molar-refractivity contribution is 7.15. The molecule has 2 atom stereocenters. The van der Waals surface area contributed by atoms with Crippen molar-refractivity contribution < 1.29 is 14.3 Å². The van der Waals surface area contributed by atoms with Crippen LogP contribution in [0.3, 0.4) is 0 Å². The van der Waals surface area contributed by atoms with Crippen LogP contribution in [0.4, 0.5) is 5.13 Å². The Morgan fingerprint density at radius 2 is 2.11 bits per heavy atom. The molecule has 1 aromatic rings. The van der Waals surface area contributed by atoms with E-state index in [0.29, 0.717) is 12.3 Å². The van der Waals surface area contributed by atoms with Gasteiger partial charge in [-0.2, -0.15) is 0 Å². The minimum atomic E-state index is -0.336. The second kappa shape index (κ2) is 5.88. The fourth-order valence-electron chi connectivity index (χ4n) is 2.24. The molecule has 1 fully saturated rings. The molecule has 0 unspecified atom stereocenters. The van der Waals surface area contributed by atoms with Gasteiger partial charge in [0.2, 0.25) is 0 Å². The van der Waals surface area contributed by atoms with E-state index in [2.05, 4.69) is 23.7 Å². The molecule has 0 saturated carbocycles. The first-order valence-corrected chi connectivity index (χ1v) is 7.37. The standard InChI is InChI=1S/C13H20N2O3S/c1-5-17-12(16)11-10(4)19-13(14-11)15-6-8(2)18-9(3)7-15/h8-9H,5-7H2,1-4H3/t8-,9+. The van der Waals surface area contributed by atoms with Crippen molar-refractivity contribution in [2.45, 2.75) is 39.9 Å². The number of anilines is 1. The lowest BCUT2D eigenvalue weighted by atomic mass is 10.2. The van der Waals surface area contributed by atoms with Gasteiger partial charge in [0, 0.05) is 18.0 Å². The van der Waals surface area contributed by atoms with E-state index in [0.717, 1.165) is 23.1 Å². The Hall–Kier alpha value is -1.14. The van der Waals surface area contributed by atoms with E-state index in [-0.39, 0.29) is 18.2 Å². The highest BCUT2D eigenvalue weighted by Gasteiger charge is 2.26. The summed E-state index contributed by atoms with van der Waals surface area (Å²) in [5.74, 6) is -0.336. The zero-order valence-corrected chi connectivity index (χ0v) is 12.6. The summed E-state index contributed by atoms with van der Waals surface area (Å²) in [6.45, 7) is 9.78. The van der Waals surface area contributed by atoms with Crippen molar-refractivity contribution in [3.05, 3.63) is 10.6 Å². The van der Waals surface area contributed by atoms with Crippen molar-refractivity contribution in [1.82, 2.24) is 4.98 Å². The number of aromatic nitrogens is 1. The summed E-state index contributed by atoms with van der Waals surface area (Å²) >= 11 is 1.54. The Labute approximate surface area is 117 Å². The molecule has 6 heteroatoms. The number of carbonyl (C=O) groups is 1. The highest BCUT2D eigenvalue weighted by atomic mass is 32.1. The number of aryl methyl sites for hydroxylation is 1. The van der Waals surface area contributed by atoms with Gasteiger partial charge in [-0.1, -0.05) is 0 Å². The molecule has 0 aromatic carbocycles. The quantitative estimate of drug-likeness (QED) is 0.797. The van der Waals surface area contributed by atoms with Crippen molar-refractivity contribution in [3.63, 3.8) is 0 Å². The first kappa shape index (κ1) is 14.3. The molecule has 1 aliphatic heterocycles. The maximum atomic E-state index is 11.8. The minimum Gasteiger partial charge on any atom is -0.461 e. The van der Waals surface area contributed by atoms with E-state index in [4.69, 9.17) is 9.47 Å². The van der Waals surface area contributed by atoms with Crippen LogP contribution in [0.25, 0.3) is 0 Å². The van der Waals surface area contributed by atoms with Gasteiger partial charge in [-0.15, -0.1) is 11.3 Å². The zero-order valence-electron chi connectivity index (χ0n) is 11.8. The molecule has 2 rings (SSSR count). The largest absolute Gasteiger partial charge is 0.461 e. The van der Waals surface area contributed by atoms with Gasteiger partial charge in [-0.25, -0.2) is 9.78 Å². The van der Waals surface area contributed by atoms with Crippen molar-refractivity contribution in [2.75, 3.05) is 24.6 Å². The monoisotopic (exact) mass is 284 g/mol. The summed E-state index contributed by atoms with van der Waals surface area (Å²) in [6, 6.07) is 0. The van der Waals surface area contributed by atoms with Crippen LogP contribution in [0.1, 0.15) is 36.1 Å². The number of thiazole rings is 1. The van der Waals surface area contributed by atoms with E-state index in [9.17, 15) is 4.79 Å². The fourth-order valence-corrected chi connectivity index (χ4v) is 3.16. The molecule has 0 aliphatic carbocycles. The lowest BCUT2D eigenvalue weighted by Crippen LogP contribution is -2.45. The molecule has 106 valence electrons. The van der Waals surface area contributed by atoms with Crippen molar-refractivity contribution in [2.24, 2.45) is 0 Å². The lowest BCUT2D eigenvalue weighted by molar-refractivity contribution is -0.00523. The van der Waals surface area contributed by atoms with E-state index < -0.39 is 0 Å². The molecule has 2 heterocycles. The molecule has 5 nitrogen and oxygen atoms in total. The van der Waals surface area contributed by atoms with Gasteiger partial charge < -0.3 is 14.4 Å². The molecule has 0 radical (unpaired) electrons. The average molecular weight is 284 g/mol. The average Bonchev–Trinajstić information content (AvgIpc) is 2.70. The van der Waals surface area contributed by atoms with Gasteiger partial charge in [0.05, 0.1) is 18.8 Å². The first-order valence-electron chi connectivity index (χ1n) is 6.56. The third-order valence-corrected chi connectivity index (χ3v) is 3.98. The van der Waals surface area contributed by atoms with Crippen LogP contribution in [0.5, 0.6) is 0 Å². The molecule has 0 bridgehead atoms. The molecule has 1 aliphatic rings. The maximum Gasteiger partial charge on any atom is 0.358 e. The molecule has 0 amide bonds. The third-order valence-electron chi connectivity index (χ3n) is 2.94. The van der Waals surface area contributed by atoms with Gasteiger partial charge in [0.25, 0.3) is 0 Å². The van der Waals surface area contributed by atoms with Gasteiger partial charge in [0.15, 0.2) is 10.8 Å². The summed E-state index contributed by atoms with van der Waals surface area (Å²) in [6.07, 6.45) is 0.359. The number of nitrogens with zero attached hydrogens (tertiary/aromatic N) is 2. The van der Waals surface area contributed by atoms with Crippen molar-refractivity contribution in [1.29, 1.82) is 0 Å². The van der Waals surface area contributed by atoms with E-state index in [1.165, 1.54) is 11.3 Å².